The van der Waals surface area contributed by atoms with Crippen molar-refractivity contribution in [3.8, 4) is 17.1 Å². The summed E-state index contributed by atoms with van der Waals surface area (Å²) in [6.45, 7) is 6.30. The van der Waals surface area contributed by atoms with Crippen molar-refractivity contribution in [2.24, 2.45) is 0 Å². The van der Waals surface area contributed by atoms with E-state index in [4.69, 9.17) is 0 Å². The zero-order valence-corrected chi connectivity index (χ0v) is 19.3. The molecular formula is C26H26N4OS. The molecule has 162 valence electrons. The van der Waals surface area contributed by atoms with Gasteiger partial charge >= 0.3 is 0 Å². The molecule has 0 saturated carbocycles. The van der Waals surface area contributed by atoms with E-state index in [-0.39, 0.29) is 11.7 Å². The fourth-order valence-electron chi connectivity index (χ4n) is 3.49. The van der Waals surface area contributed by atoms with E-state index in [0.29, 0.717) is 11.1 Å². The van der Waals surface area contributed by atoms with Crippen LogP contribution in [0, 0.1) is 6.92 Å². The summed E-state index contributed by atoms with van der Waals surface area (Å²) in [5.41, 5.74) is 5.11. The molecule has 0 fully saturated rings. The molecule has 0 unspecified atom stereocenters. The maximum Gasteiger partial charge on any atom is 0.234 e. The van der Waals surface area contributed by atoms with Crippen molar-refractivity contribution in [3.63, 3.8) is 0 Å². The van der Waals surface area contributed by atoms with Gasteiger partial charge in [-0.15, -0.1) is 10.2 Å². The Hall–Kier alpha value is -3.38. The van der Waals surface area contributed by atoms with Crippen LogP contribution in [0.25, 0.3) is 17.1 Å². The highest BCUT2D eigenvalue weighted by Gasteiger charge is 2.18. The van der Waals surface area contributed by atoms with Gasteiger partial charge in [-0.1, -0.05) is 91.8 Å². The van der Waals surface area contributed by atoms with E-state index in [1.807, 2.05) is 71.3 Å². The van der Waals surface area contributed by atoms with Crippen LogP contribution in [0.3, 0.4) is 0 Å². The highest BCUT2D eigenvalue weighted by atomic mass is 32.2. The molecular weight excluding hydrogens is 416 g/mol. The van der Waals surface area contributed by atoms with Gasteiger partial charge < -0.3 is 5.32 Å². The molecule has 0 bridgehead atoms. The second-order valence-electron chi connectivity index (χ2n) is 7.92. The van der Waals surface area contributed by atoms with Crippen LogP contribution in [-0.2, 0) is 4.79 Å². The number of aryl methyl sites for hydroxylation is 1. The first kappa shape index (κ1) is 21.8. The Labute approximate surface area is 192 Å². The summed E-state index contributed by atoms with van der Waals surface area (Å²) in [5.74, 6) is 1.26. The van der Waals surface area contributed by atoms with Gasteiger partial charge in [0, 0.05) is 16.9 Å². The van der Waals surface area contributed by atoms with Crippen LogP contribution < -0.4 is 5.32 Å². The number of aromatic nitrogens is 3. The third-order valence-electron chi connectivity index (χ3n) is 5.15. The highest BCUT2D eigenvalue weighted by molar-refractivity contribution is 7.99. The molecule has 4 rings (SSSR count). The van der Waals surface area contributed by atoms with Gasteiger partial charge in [-0.05, 0) is 36.6 Å². The van der Waals surface area contributed by atoms with Gasteiger partial charge in [0.2, 0.25) is 5.91 Å². The monoisotopic (exact) mass is 442 g/mol. The molecule has 3 aromatic carbocycles. The summed E-state index contributed by atoms with van der Waals surface area (Å²) < 4.78 is 2.00. The second kappa shape index (κ2) is 9.83. The van der Waals surface area contributed by atoms with Gasteiger partial charge in [0.15, 0.2) is 11.0 Å². The zero-order chi connectivity index (χ0) is 22.5. The SMILES string of the molecule is Cc1ccc(-c2nnc(SCC(=O)Nc3ccccc3C(C)C)n2-c2ccccc2)cc1. The molecule has 0 aliphatic heterocycles. The van der Waals surface area contributed by atoms with Crippen molar-refractivity contribution in [1.29, 1.82) is 0 Å². The molecule has 0 saturated heterocycles. The number of carbonyl (C=O) groups excluding carboxylic acids is 1. The topological polar surface area (TPSA) is 59.8 Å². The predicted molar refractivity (Wildman–Crippen MR) is 131 cm³/mol. The van der Waals surface area contributed by atoms with Crippen LogP contribution in [-0.4, -0.2) is 26.4 Å². The lowest BCUT2D eigenvalue weighted by Crippen LogP contribution is -2.16. The van der Waals surface area contributed by atoms with Gasteiger partial charge in [0.1, 0.15) is 0 Å². The predicted octanol–water partition coefficient (Wildman–Crippen LogP) is 6.10. The van der Waals surface area contributed by atoms with Gasteiger partial charge in [-0.25, -0.2) is 0 Å². The minimum Gasteiger partial charge on any atom is -0.325 e. The number of carbonyl (C=O) groups is 1. The van der Waals surface area contributed by atoms with Crippen LogP contribution in [0.5, 0.6) is 0 Å². The Kier molecular flexibility index (Phi) is 6.71. The van der Waals surface area contributed by atoms with Gasteiger partial charge in [-0.3, -0.25) is 9.36 Å². The average Bonchev–Trinajstić information content (AvgIpc) is 3.23. The molecule has 32 heavy (non-hydrogen) atoms. The average molecular weight is 443 g/mol. The number of para-hydroxylation sites is 2. The number of amides is 1. The molecule has 4 aromatic rings. The van der Waals surface area contributed by atoms with Crippen LogP contribution in [0.4, 0.5) is 5.69 Å². The number of benzene rings is 3. The van der Waals surface area contributed by atoms with Crippen LogP contribution in [0.1, 0.15) is 30.9 Å². The second-order valence-corrected chi connectivity index (χ2v) is 8.86. The van der Waals surface area contributed by atoms with E-state index in [2.05, 4.69) is 48.4 Å². The molecule has 5 nitrogen and oxygen atoms in total. The number of hydrogen-bond donors (Lipinski definition) is 1. The maximum atomic E-state index is 12.7. The largest absolute Gasteiger partial charge is 0.325 e. The molecule has 0 aliphatic carbocycles. The minimum atomic E-state index is -0.0670. The summed E-state index contributed by atoms with van der Waals surface area (Å²) in [7, 11) is 0. The molecule has 0 radical (unpaired) electrons. The molecule has 1 amide bonds. The lowest BCUT2D eigenvalue weighted by molar-refractivity contribution is -0.113. The minimum absolute atomic E-state index is 0.0670. The van der Waals surface area contributed by atoms with Crippen molar-refractivity contribution >= 4 is 23.4 Å². The molecule has 1 heterocycles. The Morgan fingerprint density at radius 2 is 1.62 bits per heavy atom. The first-order chi connectivity index (χ1) is 15.5. The van der Waals surface area contributed by atoms with Crippen LogP contribution in [0.15, 0.2) is 84.0 Å². The number of nitrogens with zero attached hydrogens (tertiary/aromatic N) is 3. The third-order valence-corrected chi connectivity index (χ3v) is 6.08. The van der Waals surface area contributed by atoms with E-state index >= 15 is 0 Å². The summed E-state index contributed by atoms with van der Waals surface area (Å²) in [5, 5.41) is 12.6. The van der Waals surface area contributed by atoms with Crippen molar-refractivity contribution in [3.05, 3.63) is 90.0 Å². The quantitative estimate of drug-likeness (QED) is 0.352. The van der Waals surface area contributed by atoms with Crippen molar-refractivity contribution < 1.29 is 4.79 Å². The molecule has 1 aromatic heterocycles. The third kappa shape index (κ3) is 4.92. The van der Waals surface area contributed by atoms with Gasteiger partial charge in [-0.2, -0.15) is 0 Å². The molecule has 6 heteroatoms. The number of anilines is 1. The number of thioether (sulfide) groups is 1. The van der Waals surface area contributed by atoms with Gasteiger partial charge in [0.05, 0.1) is 5.75 Å². The Bertz CT molecular complexity index is 1200. The fourth-order valence-corrected chi connectivity index (χ4v) is 4.25. The molecule has 0 atom stereocenters. The van der Waals surface area contributed by atoms with E-state index < -0.39 is 0 Å². The summed E-state index contributed by atoms with van der Waals surface area (Å²) >= 11 is 1.38. The van der Waals surface area contributed by atoms with Crippen LogP contribution >= 0.6 is 11.8 Å². The van der Waals surface area contributed by atoms with Crippen molar-refractivity contribution in [1.82, 2.24) is 14.8 Å². The van der Waals surface area contributed by atoms with Crippen molar-refractivity contribution in [2.75, 3.05) is 11.1 Å². The fraction of sp³-hybridized carbons (Fsp3) is 0.192. The Balaban J connectivity index is 1.58. The Morgan fingerprint density at radius 1 is 0.938 bits per heavy atom. The number of nitrogens with one attached hydrogen (secondary N) is 1. The number of rotatable bonds is 7. The summed E-state index contributed by atoms with van der Waals surface area (Å²) in [6.07, 6.45) is 0. The zero-order valence-electron chi connectivity index (χ0n) is 18.4. The lowest BCUT2D eigenvalue weighted by Gasteiger charge is -2.14. The van der Waals surface area contributed by atoms with E-state index in [9.17, 15) is 4.79 Å². The maximum absolute atomic E-state index is 12.7. The van der Waals surface area contributed by atoms with Crippen molar-refractivity contribution in [2.45, 2.75) is 31.8 Å². The van der Waals surface area contributed by atoms with Crippen LogP contribution in [0.2, 0.25) is 0 Å². The molecule has 0 spiro atoms. The van der Waals surface area contributed by atoms with E-state index in [1.165, 1.54) is 17.3 Å². The smallest absolute Gasteiger partial charge is 0.234 e. The summed E-state index contributed by atoms with van der Waals surface area (Å²) in [6, 6.07) is 26.1. The first-order valence-corrected chi connectivity index (χ1v) is 11.6. The molecule has 1 N–H and O–H groups in total. The molecule has 0 aliphatic rings. The first-order valence-electron chi connectivity index (χ1n) is 10.6. The van der Waals surface area contributed by atoms with E-state index in [0.717, 1.165) is 28.3 Å². The normalized spacial score (nSPS) is 11.0. The standard InChI is InChI=1S/C26H26N4OS/c1-18(2)22-11-7-8-12-23(22)27-24(31)17-32-26-29-28-25(20-15-13-19(3)14-16-20)30(26)21-9-5-4-6-10-21/h4-16,18H,17H2,1-3H3,(H,27,31). The number of hydrogen-bond acceptors (Lipinski definition) is 4. The van der Waals surface area contributed by atoms with Gasteiger partial charge in [0.25, 0.3) is 0 Å². The lowest BCUT2D eigenvalue weighted by atomic mass is 10.0. The van der Waals surface area contributed by atoms with E-state index in [1.54, 1.807) is 0 Å². The summed E-state index contributed by atoms with van der Waals surface area (Å²) in [4.78, 5) is 12.7. The Morgan fingerprint density at radius 3 is 2.34 bits per heavy atom. The highest BCUT2D eigenvalue weighted by Crippen LogP contribution is 2.29.